The molecule has 0 unspecified atom stereocenters. The number of nitrogens with zero attached hydrogens (tertiary/aromatic N) is 1. The van der Waals surface area contributed by atoms with Crippen LogP contribution in [0.2, 0.25) is 0 Å². The molecule has 7 heteroatoms. The molecule has 0 bridgehead atoms. The molecule has 0 aromatic heterocycles. The van der Waals surface area contributed by atoms with Gasteiger partial charge in [-0.2, -0.15) is 0 Å². The summed E-state index contributed by atoms with van der Waals surface area (Å²) in [7, 11) is 4.75. The molecule has 4 rings (SSSR count). The molecule has 2 N–H and O–H groups in total. The van der Waals surface area contributed by atoms with Crippen molar-refractivity contribution in [2.45, 2.75) is 19.4 Å². The van der Waals surface area contributed by atoms with Gasteiger partial charge in [-0.05, 0) is 50.3 Å². The number of methoxy groups -OCH3 is 3. The molecule has 1 aliphatic heterocycles. The molecule has 0 fully saturated rings. The molecule has 3 aromatic carbocycles. The molecule has 1 aliphatic rings. The van der Waals surface area contributed by atoms with E-state index in [4.69, 9.17) is 23.9 Å². The minimum Gasteiger partial charge on any atom is -0.493 e. The van der Waals surface area contributed by atoms with Crippen molar-refractivity contribution < 1.29 is 18.9 Å². The van der Waals surface area contributed by atoms with E-state index in [2.05, 4.69) is 16.7 Å². The van der Waals surface area contributed by atoms with Gasteiger partial charge in [-0.25, -0.2) is 4.99 Å². The van der Waals surface area contributed by atoms with Crippen molar-refractivity contribution in [3.05, 3.63) is 72.3 Å². The third kappa shape index (κ3) is 5.26. The third-order valence-corrected chi connectivity index (χ3v) is 5.23. The predicted octanol–water partition coefficient (Wildman–Crippen LogP) is 6.11. The molecule has 0 amide bonds. The summed E-state index contributed by atoms with van der Waals surface area (Å²) in [5.41, 5.74) is 3.06. The van der Waals surface area contributed by atoms with Crippen molar-refractivity contribution in [3.8, 4) is 23.0 Å². The van der Waals surface area contributed by atoms with Crippen molar-refractivity contribution >= 4 is 29.1 Å². The minimum absolute atomic E-state index is 0.324. The van der Waals surface area contributed by atoms with Gasteiger partial charge in [0.25, 0.3) is 0 Å². The standard InChI is InChI=1S/C27H29N3O4/c1-27(2)14-13-18-15-20(11-12-22(18)34-27)29-26(28-19-9-7-6-8-10-19)30-21-16-23(31-3)25(33-5)24(17-21)32-4/h6-17H,1-5H3,(H2,28,29,30). The van der Waals surface area contributed by atoms with Crippen LogP contribution in [0, 0.1) is 0 Å². The van der Waals surface area contributed by atoms with Crippen molar-refractivity contribution in [1.82, 2.24) is 0 Å². The van der Waals surface area contributed by atoms with Crippen LogP contribution in [0.25, 0.3) is 6.08 Å². The first kappa shape index (κ1) is 23.0. The fraction of sp³-hybridized carbons (Fsp3) is 0.222. The number of ether oxygens (including phenoxy) is 4. The van der Waals surface area contributed by atoms with E-state index in [1.165, 1.54) is 0 Å². The summed E-state index contributed by atoms with van der Waals surface area (Å²) < 4.78 is 22.5. The molecule has 1 heterocycles. The van der Waals surface area contributed by atoms with Crippen molar-refractivity contribution in [2.24, 2.45) is 4.99 Å². The number of hydrogen-bond donors (Lipinski definition) is 2. The second-order valence-electron chi connectivity index (χ2n) is 8.25. The number of benzene rings is 3. The van der Waals surface area contributed by atoms with Crippen LogP contribution in [0.4, 0.5) is 17.1 Å². The van der Waals surface area contributed by atoms with Crippen LogP contribution in [0.5, 0.6) is 23.0 Å². The molecule has 0 spiro atoms. The van der Waals surface area contributed by atoms with E-state index >= 15 is 0 Å². The number of rotatable bonds is 6. The summed E-state index contributed by atoms with van der Waals surface area (Å²) in [5.74, 6) is 2.98. The SMILES string of the molecule is COc1cc(NC(=Nc2ccccc2)Nc2ccc3c(c2)C=CC(C)(C)O3)cc(OC)c1OC. The lowest BCUT2D eigenvalue weighted by Crippen LogP contribution is -2.27. The molecule has 0 saturated carbocycles. The van der Waals surface area contributed by atoms with E-state index in [9.17, 15) is 0 Å². The summed E-state index contributed by atoms with van der Waals surface area (Å²) in [6, 6.07) is 19.3. The molecule has 0 aliphatic carbocycles. The lowest BCUT2D eigenvalue weighted by molar-refractivity contribution is 0.159. The summed E-state index contributed by atoms with van der Waals surface area (Å²) >= 11 is 0. The molecule has 7 nitrogen and oxygen atoms in total. The third-order valence-electron chi connectivity index (χ3n) is 5.23. The Morgan fingerprint density at radius 3 is 2.15 bits per heavy atom. The monoisotopic (exact) mass is 459 g/mol. The first-order valence-corrected chi connectivity index (χ1v) is 10.9. The van der Waals surface area contributed by atoms with Gasteiger partial charge in [-0.1, -0.05) is 24.3 Å². The fourth-order valence-electron chi connectivity index (χ4n) is 3.60. The molecule has 0 radical (unpaired) electrons. The van der Waals surface area contributed by atoms with Crippen LogP contribution in [-0.2, 0) is 0 Å². The van der Waals surface area contributed by atoms with Crippen LogP contribution in [0.1, 0.15) is 19.4 Å². The van der Waals surface area contributed by atoms with Gasteiger partial charge in [0, 0.05) is 29.1 Å². The first-order valence-electron chi connectivity index (χ1n) is 10.9. The number of fused-ring (bicyclic) bond motifs is 1. The lowest BCUT2D eigenvalue weighted by Gasteiger charge is -2.28. The van der Waals surface area contributed by atoms with Gasteiger partial charge in [0.2, 0.25) is 11.7 Å². The number of aliphatic imine (C=N–C) groups is 1. The summed E-state index contributed by atoms with van der Waals surface area (Å²) in [4.78, 5) is 4.77. The Morgan fingerprint density at radius 2 is 1.50 bits per heavy atom. The zero-order valence-corrected chi connectivity index (χ0v) is 20.0. The van der Waals surface area contributed by atoms with Gasteiger partial charge in [-0.15, -0.1) is 0 Å². The van der Waals surface area contributed by atoms with Gasteiger partial charge < -0.3 is 29.6 Å². The number of guanidine groups is 1. The zero-order valence-electron chi connectivity index (χ0n) is 20.0. The smallest absolute Gasteiger partial charge is 0.205 e. The fourth-order valence-corrected chi connectivity index (χ4v) is 3.60. The second-order valence-corrected chi connectivity index (χ2v) is 8.25. The molecule has 0 atom stereocenters. The van der Waals surface area contributed by atoms with E-state index in [0.29, 0.717) is 23.2 Å². The summed E-state index contributed by atoms with van der Waals surface area (Å²) in [5, 5.41) is 6.73. The van der Waals surface area contributed by atoms with E-state index < -0.39 is 0 Å². The Hall–Kier alpha value is -4.13. The maximum Gasteiger partial charge on any atom is 0.205 e. The molecular weight excluding hydrogens is 430 g/mol. The zero-order chi connectivity index (χ0) is 24.1. The number of nitrogens with one attached hydrogen (secondary N) is 2. The van der Waals surface area contributed by atoms with Crippen LogP contribution < -0.4 is 29.6 Å². The highest BCUT2D eigenvalue weighted by Crippen LogP contribution is 2.40. The second kappa shape index (κ2) is 9.79. The van der Waals surface area contributed by atoms with Gasteiger partial charge in [0.15, 0.2) is 11.5 Å². The van der Waals surface area contributed by atoms with E-state index in [0.717, 1.165) is 28.4 Å². The van der Waals surface area contributed by atoms with E-state index in [1.54, 1.807) is 21.3 Å². The Morgan fingerprint density at radius 1 is 0.824 bits per heavy atom. The van der Waals surface area contributed by atoms with Crippen molar-refractivity contribution in [1.29, 1.82) is 0 Å². The maximum absolute atomic E-state index is 6.04. The van der Waals surface area contributed by atoms with Crippen LogP contribution in [-0.4, -0.2) is 32.9 Å². The molecule has 176 valence electrons. The maximum atomic E-state index is 6.04. The normalized spacial score (nSPS) is 14.0. The largest absolute Gasteiger partial charge is 0.493 e. The highest BCUT2D eigenvalue weighted by molar-refractivity contribution is 6.05. The van der Waals surface area contributed by atoms with Crippen LogP contribution in [0.3, 0.4) is 0 Å². The average Bonchev–Trinajstić information content (AvgIpc) is 2.83. The topological polar surface area (TPSA) is 73.3 Å². The Bertz CT molecular complexity index is 1190. The molecular formula is C27H29N3O4. The number of anilines is 2. The minimum atomic E-state index is -0.324. The first-order chi connectivity index (χ1) is 16.4. The summed E-state index contributed by atoms with van der Waals surface area (Å²) in [6.07, 6.45) is 4.12. The van der Waals surface area contributed by atoms with Gasteiger partial charge >= 0.3 is 0 Å². The van der Waals surface area contributed by atoms with Crippen LogP contribution in [0.15, 0.2) is 71.7 Å². The van der Waals surface area contributed by atoms with Crippen LogP contribution >= 0.6 is 0 Å². The number of para-hydroxylation sites is 1. The van der Waals surface area contributed by atoms with E-state index in [-0.39, 0.29) is 5.60 Å². The quantitative estimate of drug-likeness (QED) is 0.342. The average molecular weight is 460 g/mol. The Kier molecular flexibility index (Phi) is 6.63. The Balaban J connectivity index is 1.67. The summed E-state index contributed by atoms with van der Waals surface area (Å²) in [6.45, 7) is 4.06. The van der Waals surface area contributed by atoms with Gasteiger partial charge in [-0.3, -0.25) is 0 Å². The highest BCUT2D eigenvalue weighted by atomic mass is 16.5. The predicted molar refractivity (Wildman–Crippen MR) is 137 cm³/mol. The van der Waals surface area contributed by atoms with Crippen molar-refractivity contribution in [2.75, 3.05) is 32.0 Å². The van der Waals surface area contributed by atoms with Crippen molar-refractivity contribution in [3.63, 3.8) is 0 Å². The molecule has 0 saturated heterocycles. The van der Waals surface area contributed by atoms with E-state index in [1.807, 2.05) is 80.6 Å². The lowest BCUT2D eigenvalue weighted by atomic mass is 10.0. The number of hydrogen-bond acceptors (Lipinski definition) is 5. The van der Waals surface area contributed by atoms with Gasteiger partial charge in [0.05, 0.1) is 27.0 Å². The highest BCUT2D eigenvalue weighted by Gasteiger charge is 2.21. The Labute approximate surface area is 200 Å². The molecule has 34 heavy (non-hydrogen) atoms. The van der Waals surface area contributed by atoms with Gasteiger partial charge in [0.1, 0.15) is 11.4 Å². The molecule has 3 aromatic rings.